The average Bonchev–Trinajstić information content (AvgIpc) is 2.48. The summed E-state index contributed by atoms with van der Waals surface area (Å²) in [5.41, 5.74) is 1.79. The van der Waals surface area contributed by atoms with Crippen molar-refractivity contribution in [3.05, 3.63) is 58.0 Å². The summed E-state index contributed by atoms with van der Waals surface area (Å²) in [5, 5.41) is 0. The lowest BCUT2D eigenvalue weighted by molar-refractivity contribution is -0.0144. The minimum Gasteiger partial charge on any atom is -0.378 e. The van der Waals surface area contributed by atoms with E-state index in [-0.39, 0.29) is 11.6 Å². The summed E-state index contributed by atoms with van der Waals surface area (Å²) in [6.07, 6.45) is 3.63. The van der Waals surface area contributed by atoms with Gasteiger partial charge in [-0.05, 0) is 18.6 Å². The molecule has 0 saturated carbocycles. The lowest BCUT2D eigenvalue weighted by atomic mass is 10.1. The summed E-state index contributed by atoms with van der Waals surface area (Å²) in [7, 11) is 0. The maximum atomic E-state index is 11.7. The van der Waals surface area contributed by atoms with Gasteiger partial charge in [0.15, 0.2) is 0 Å². The Labute approximate surface area is 122 Å². The van der Waals surface area contributed by atoms with Crippen molar-refractivity contribution in [2.24, 2.45) is 0 Å². The monoisotopic (exact) mass is 286 g/mol. The number of aromatic amines is 1. The molecule has 0 aliphatic carbocycles. The molecule has 6 nitrogen and oxygen atoms in total. The van der Waals surface area contributed by atoms with Gasteiger partial charge < -0.3 is 9.72 Å². The first-order valence-electron chi connectivity index (χ1n) is 7.01. The van der Waals surface area contributed by atoms with Crippen molar-refractivity contribution in [2.75, 3.05) is 19.8 Å². The Morgan fingerprint density at radius 1 is 1.52 bits per heavy atom. The van der Waals surface area contributed by atoms with Crippen molar-refractivity contribution in [3.63, 3.8) is 0 Å². The van der Waals surface area contributed by atoms with Crippen molar-refractivity contribution in [1.82, 2.24) is 19.9 Å². The highest BCUT2D eigenvalue weighted by molar-refractivity contribution is 5.12. The van der Waals surface area contributed by atoms with Gasteiger partial charge in [-0.1, -0.05) is 6.07 Å². The van der Waals surface area contributed by atoms with E-state index < -0.39 is 0 Å². The zero-order valence-electron chi connectivity index (χ0n) is 12.0. The van der Waals surface area contributed by atoms with E-state index in [0.29, 0.717) is 19.0 Å². The molecule has 3 heterocycles. The van der Waals surface area contributed by atoms with E-state index >= 15 is 0 Å². The van der Waals surface area contributed by atoms with Crippen LogP contribution in [0.5, 0.6) is 0 Å². The number of hydrogen-bond acceptors (Lipinski definition) is 5. The van der Waals surface area contributed by atoms with E-state index in [4.69, 9.17) is 4.74 Å². The smallest absolute Gasteiger partial charge is 0.251 e. The van der Waals surface area contributed by atoms with Crippen LogP contribution in [0.2, 0.25) is 0 Å². The molecule has 6 heteroatoms. The summed E-state index contributed by atoms with van der Waals surface area (Å²) in [5.74, 6) is 0.629. The Morgan fingerprint density at radius 3 is 3.19 bits per heavy atom. The first-order chi connectivity index (χ1) is 10.2. The second-order valence-electron chi connectivity index (χ2n) is 5.18. The number of aryl methyl sites for hydroxylation is 1. The average molecular weight is 286 g/mol. The number of aromatic nitrogens is 3. The zero-order valence-corrected chi connectivity index (χ0v) is 12.0. The number of hydrogen-bond donors (Lipinski definition) is 1. The molecule has 1 fully saturated rings. The molecule has 0 unspecified atom stereocenters. The second kappa shape index (κ2) is 6.15. The van der Waals surface area contributed by atoms with Crippen molar-refractivity contribution in [3.8, 4) is 0 Å². The predicted octanol–water partition coefficient (Wildman–Crippen LogP) is 1.05. The van der Waals surface area contributed by atoms with Crippen LogP contribution in [0.4, 0.5) is 0 Å². The maximum Gasteiger partial charge on any atom is 0.251 e. The van der Waals surface area contributed by atoms with Gasteiger partial charge in [-0.3, -0.25) is 14.7 Å². The predicted molar refractivity (Wildman–Crippen MR) is 77.8 cm³/mol. The number of pyridine rings is 1. The van der Waals surface area contributed by atoms with Gasteiger partial charge >= 0.3 is 0 Å². The van der Waals surface area contributed by atoms with Gasteiger partial charge in [0.2, 0.25) is 0 Å². The molecule has 0 radical (unpaired) electrons. The standard InChI is InChI=1S/C15H18N4O2/c1-11-17-13(7-15(20)18-11)14-10-21-6-5-19(14)9-12-3-2-4-16-8-12/h2-4,7-8,14H,5-6,9-10H2,1H3,(H,17,18,20)/t14-/m1/s1. The Morgan fingerprint density at radius 2 is 2.43 bits per heavy atom. The second-order valence-corrected chi connectivity index (χ2v) is 5.18. The molecule has 1 aliphatic rings. The number of nitrogens with zero attached hydrogens (tertiary/aromatic N) is 3. The highest BCUT2D eigenvalue weighted by atomic mass is 16.5. The number of H-pyrrole nitrogens is 1. The molecule has 1 saturated heterocycles. The molecule has 0 bridgehead atoms. The highest BCUT2D eigenvalue weighted by Crippen LogP contribution is 2.23. The van der Waals surface area contributed by atoms with E-state index in [0.717, 1.165) is 24.3 Å². The first-order valence-corrected chi connectivity index (χ1v) is 7.01. The maximum absolute atomic E-state index is 11.7. The molecule has 0 amide bonds. The normalized spacial score (nSPS) is 19.6. The minimum atomic E-state index is -0.121. The summed E-state index contributed by atoms with van der Waals surface area (Å²) < 4.78 is 5.57. The molecule has 21 heavy (non-hydrogen) atoms. The number of morpholine rings is 1. The summed E-state index contributed by atoms with van der Waals surface area (Å²) in [6.45, 7) is 4.62. The van der Waals surface area contributed by atoms with Crippen molar-refractivity contribution in [2.45, 2.75) is 19.5 Å². The molecule has 2 aromatic rings. The van der Waals surface area contributed by atoms with Crippen molar-refractivity contribution < 1.29 is 4.74 Å². The van der Waals surface area contributed by atoms with Gasteiger partial charge in [0.05, 0.1) is 24.9 Å². The molecule has 1 N–H and O–H groups in total. The lowest BCUT2D eigenvalue weighted by Crippen LogP contribution is -2.40. The molecule has 110 valence electrons. The van der Waals surface area contributed by atoms with Gasteiger partial charge in [0.25, 0.3) is 5.56 Å². The van der Waals surface area contributed by atoms with E-state index in [1.165, 1.54) is 0 Å². The number of rotatable bonds is 3. The quantitative estimate of drug-likeness (QED) is 0.913. The topological polar surface area (TPSA) is 71.1 Å². The zero-order chi connectivity index (χ0) is 14.7. The molecule has 0 spiro atoms. The van der Waals surface area contributed by atoms with Crippen LogP contribution in [0.3, 0.4) is 0 Å². The molecular weight excluding hydrogens is 268 g/mol. The third kappa shape index (κ3) is 3.34. The van der Waals surface area contributed by atoms with Crippen molar-refractivity contribution >= 4 is 0 Å². The SMILES string of the molecule is Cc1nc([C@H]2COCCN2Cc2cccnc2)cc(=O)[nH]1. The third-order valence-corrected chi connectivity index (χ3v) is 3.57. The number of ether oxygens (including phenoxy) is 1. The van der Waals surface area contributed by atoms with E-state index in [2.05, 4.69) is 25.9 Å². The van der Waals surface area contributed by atoms with Gasteiger partial charge in [-0.25, -0.2) is 4.98 Å². The largest absolute Gasteiger partial charge is 0.378 e. The van der Waals surface area contributed by atoms with Crippen LogP contribution in [0.1, 0.15) is 23.1 Å². The summed E-state index contributed by atoms with van der Waals surface area (Å²) in [4.78, 5) is 25.2. The van der Waals surface area contributed by atoms with Crippen LogP contribution >= 0.6 is 0 Å². The van der Waals surface area contributed by atoms with Crippen LogP contribution in [-0.4, -0.2) is 39.6 Å². The lowest BCUT2D eigenvalue weighted by Gasteiger charge is -2.35. The molecule has 0 aromatic carbocycles. The summed E-state index contributed by atoms with van der Waals surface area (Å²) >= 11 is 0. The van der Waals surface area contributed by atoms with E-state index in [1.54, 1.807) is 19.2 Å². The van der Waals surface area contributed by atoms with Crippen LogP contribution in [0.25, 0.3) is 0 Å². The Balaban J connectivity index is 1.85. The fourth-order valence-electron chi connectivity index (χ4n) is 2.60. The Kier molecular flexibility index (Phi) is 4.08. The van der Waals surface area contributed by atoms with E-state index in [9.17, 15) is 4.79 Å². The molecule has 3 rings (SSSR count). The minimum absolute atomic E-state index is 0.0000406. The Bertz CT molecular complexity index is 656. The van der Waals surface area contributed by atoms with Crippen molar-refractivity contribution in [1.29, 1.82) is 0 Å². The third-order valence-electron chi connectivity index (χ3n) is 3.57. The van der Waals surface area contributed by atoms with Gasteiger partial charge in [-0.15, -0.1) is 0 Å². The number of nitrogens with one attached hydrogen (secondary N) is 1. The summed E-state index contributed by atoms with van der Waals surface area (Å²) in [6, 6.07) is 5.54. The highest BCUT2D eigenvalue weighted by Gasteiger charge is 2.26. The molecule has 1 atom stereocenters. The van der Waals surface area contributed by atoms with Gasteiger partial charge in [0, 0.05) is 31.5 Å². The van der Waals surface area contributed by atoms with E-state index in [1.807, 2.05) is 12.3 Å². The molecule has 1 aliphatic heterocycles. The fourth-order valence-corrected chi connectivity index (χ4v) is 2.60. The van der Waals surface area contributed by atoms with Crippen LogP contribution in [-0.2, 0) is 11.3 Å². The van der Waals surface area contributed by atoms with Gasteiger partial charge in [0.1, 0.15) is 5.82 Å². The molecular formula is C15H18N4O2. The Hall–Kier alpha value is -2.05. The van der Waals surface area contributed by atoms with Crippen LogP contribution in [0, 0.1) is 6.92 Å². The van der Waals surface area contributed by atoms with Gasteiger partial charge in [-0.2, -0.15) is 0 Å². The molecule has 2 aromatic heterocycles. The fraction of sp³-hybridized carbons (Fsp3) is 0.400. The first kappa shape index (κ1) is 13.9. The van der Waals surface area contributed by atoms with Crippen LogP contribution < -0.4 is 5.56 Å². The van der Waals surface area contributed by atoms with Crippen LogP contribution in [0.15, 0.2) is 35.4 Å².